The molecule has 0 atom stereocenters. The molecular formula is C16H25N. The van der Waals surface area contributed by atoms with Crippen molar-refractivity contribution in [3.8, 4) is 0 Å². The third-order valence-corrected chi connectivity index (χ3v) is 2.17. The number of aromatic nitrogens is 1. The van der Waals surface area contributed by atoms with E-state index in [1.165, 1.54) is 12.0 Å². The topological polar surface area (TPSA) is 12.9 Å². The zero-order valence-corrected chi connectivity index (χ0v) is 11.8. The third kappa shape index (κ3) is 6.06. The van der Waals surface area contributed by atoms with Crippen molar-refractivity contribution >= 4 is 12.2 Å². The lowest BCUT2D eigenvalue weighted by molar-refractivity contribution is 0.961. The van der Waals surface area contributed by atoms with Crippen LogP contribution in [-0.2, 0) is 0 Å². The fourth-order valence-electron chi connectivity index (χ4n) is 1.40. The minimum absolute atomic E-state index is 1.07. The van der Waals surface area contributed by atoms with Crippen LogP contribution in [0.4, 0.5) is 0 Å². The zero-order valence-electron chi connectivity index (χ0n) is 11.8. The molecule has 0 spiro atoms. The Morgan fingerprint density at radius 1 is 1.18 bits per heavy atom. The van der Waals surface area contributed by atoms with Crippen molar-refractivity contribution in [1.82, 2.24) is 4.98 Å². The largest absolute Gasteiger partial charge is 0.253 e. The van der Waals surface area contributed by atoms with Gasteiger partial charge in [-0.3, -0.25) is 4.98 Å². The number of hydrogen-bond donors (Lipinski definition) is 0. The van der Waals surface area contributed by atoms with E-state index in [1.807, 2.05) is 39.8 Å². The first-order valence-corrected chi connectivity index (χ1v) is 6.54. The van der Waals surface area contributed by atoms with Gasteiger partial charge in [-0.2, -0.15) is 0 Å². The third-order valence-electron chi connectivity index (χ3n) is 2.17. The average Bonchev–Trinajstić information content (AvgIpc) is 2.35. The van der Waals surface area contributed by atoms with Gasteiger partial charge < -0.3 is 0 Å². The Morgan fingerprint density at radius 3 is 2.47 bits per heavy atom. The van der Waals surface area contributed by atoms with E-state index in [-0.39, 0.29) is 0 Å². The molecule has 0 radical (unpaired) electrons. The van der Waals surface area contributed by atoms with Gasteiger partial charge in [0.25, 0.3) is 0 Å². The molecule has 1 heterocycles. The van der Waals surface area contributed by atoms with Crippen molar-refractivity contribution in [1.29, 1.82) is 0 Å². The Hall–Kier alpha value is -1.37. The van der Waals surface area contributed by atoms with E-state index in [0.29, 0.717) is 0 Å². The average molecular weight is 231 g/mol. The summed E-state index contributed by atoms with van der Waals surface area (Å²) in [5.74, 6) is 0. The normalized spacial score (nSPS) is 10.6. The SMILES string of the molecule is C/C=C\c1ccc(C)nc1/C=C\CCC.CC. The van der Waals surface area contributed by atoms with Crippen LogP contribution < -0.4 is 0 Å². The number of nitrogens with zero attached hydrogens (tertiary/aromatic N) is 1. The van der Waals surface area contributed by atoms with Gasteiger partial charge in [-0.05, 0) is 38.0 Å². The maximum atomic E-state index is 4.53. The molecule has 1 aromatic rings. The zero-order chi connectivity index (χ0) is 13.1. The first-order valence-electron chi connectivity index (χ1n) is 6.54. The van der Waals surface area contributed by atoms with Crippen LogP contribution in [0.15, 0.2) is 24.3 Å². The summed E-state index contributed by atoms with van der Waals surface area (Å²) in [6.07, 6.45) is 10.7. The van der Waals surface area contributed by atoms with E-state index < -0.39 is 0 Å². The van der Waals surface area contributed by atoms with Crippen molar-refractivity contribution in [2.45, 2.75) is 47.5 Å². The van der Waals surface area contributed by atoms with Gasteiger partial charge in [0.1, 0.15) is 0 Å². The summed E-state index contributed by atoms with van der Waals surface area (Å²) in [7, 11) is 0. The lowest BCUT2D eigenvalue weighted by Gasteiger charge is -2.01. The molecule has 0 aliphatic rings. The Labute approximate surface area is 106 Å². The molecule has 1 heteroatoms. The van der Waals surface area contributed by atoms with Crippen LogP contribution in [0.1, 0.15) is 57.5 Å². The van der Waals surface area contributed by atoms with Crippen LogP contribution in [-0.4, -0.2) is 4.98 Å². The molecule has 0 aliphatic carbocycles. The molecule has 1 nitrogen and oxygen atoms in total. The minimum atomic E-state index is 1.07. The number of unbranched alkanes of at least 4 members (excludes halogenated alkanes) is 1. The standard InChI is InChI=1S/C14H19N.C2H6/c1-4-6-7-9-14-13(8-5-2)11-10-12(3)15-14;1-2/h5,7-11H,4,6H2,1-3H3;1-2H3/b8-5-,9-7-;. The quantitative estimate of drug-likeness (QED) is 0.688. The second kappa shape index (κ2) is 9.83. The molecule has 0 amide bonds. The number of aryl methyl sites for hydroxylation is 1. The Kier molecular flexibility index (Phi) is 9.04. The molecule has 0 aromatic carbocycles. The second-order valence-electron chi connectivity index (χ2n) is 3.62. The number of hydrogen-bond acceptors (Lipinski definition) is 1. The van der Waals surface area contributed by atoms with Gasteiger partial charge in [-0.15, -0.1) is 0 Å². The van der Waals surface area contributed by atoms with Gasteiger partial charge >= 0.3 is 0 Å². The number of allylic oxidation sites excluding steroid dienone is 2. The van der Waals surface area contributed by atoms with Crippen molar-refractivity contribution in [2.75, 3.05) is 0 Å². The Morgan fingerprint density at radius 2 is 1.88 bits per heavy atom. The molecule has 0 N–H and O–H groups in total. The summed E-state index contributed by atoms with van der Waals surface area (Å²) >= 11 is 0. The highest BCUT2D eigenvalue weighted by atomic mass is 14.7. The maximum absolute atomic E-state index is 4.53. The molecule has 0 saturated carbocycles. The lowest BCUT2D eigenvalue weighted by Crippen LogP contribution is -1.89. The summed E-state index contributed by atoms with van der Waals surface area (Å²) in [5.41, 5.74) is 3.33. The van der Waals surface area contributed by atoms with E-state index in [0.717, 1.165) is 17.8 Å². The van der Waals surface area contributed by atoms with Crippen LogP contribution >= 0.6 is 0 Å². The monoisotopic (exact) mass is 231 g/mol. The molecule has 0 bridgehead atoms. The van der Waals surface area contributed by atoms with E-state index >= 15 is 0 Å². The number of rotatable bonds is 4. The molecule has 0 fully saturated rings. The predicted molar refractivity (Wildman–Crippen MR) is 79.0 cm³/mol. The Balaban J connectivity index is 0.00000121. The Bertz CT molecular complexity index is 362. The van der Waals surface area contributed by atoms with Crippen LogP contribution in [0.25, 0.3) is 12.2 Å². The summed E-state index contributed by atoms with van der Waals surface area (Å²) in [6.45, 7) is 10.2. The van der Waals surface area contributed by atoms with Crippen LogP contribution in [0.3, 0.4) is 0 Å². The van der Waals surface area contributed by atoms with E-state index in [4.69, 9.17) is 0 Å². The molecule has 94 valence electrons. The first-order chi connectivity index (χ1) is 8.27. The molecule has 0 unspecified atom stereocenters. The molecule has 1 aromatic heterocycles. The fraction of sp³-hybridized carbons (Fsp3) is 0.438. The van der Waals surface area contributed by atoms with Gasteiger partial charge in [-0.1, -0.05) is 51.5 Å². The van der Waals surface area contributed by atoms with Gasteiger partial charge in [0.05, 0.1) is 5.69 Å². The van der Waals surface area contributed by atoms with Gasteiger partial charge in [0.15, 0.2) is 0 Å². The van der Waals surface area contributed by atoms with Gasteiger partial charge in [0, 0.05) is 5.69 Å². The lowest BCUT2D eigenvalue weighted by atomic mass is 10.1. The summed E-state index contributed by atoms with van der Waals surface area (Å²) < 4.78 is 0. The van der Waals surface area contributed by atoms with E-state index in [2.05, 4.69) is 36.2 Å². The molecular weight excluding hydrogens is 206 g/mol. The van der Waals surface area contributed by atoms with Crippen molar-refractivity contribution in [2.24, 2.45) is 0 Å². The maximum Gasteiger partial charge on any atom is 0.0701 e. The van der Waals surface area contributed by atoms with E-state index in [9.17, 15) is 0 Å². The highest BCUT2D eigenvalue weighted by Crippen LogP contribution is 2.12. The summed E-state index contributed by atoms with van der Waals surface area (Å²) in [4.78, 5) is 4.53. The highest BCUT2D eigenvalue weighted by molar-refractivity contribution is 5.62. The smallest absolute Gasteiger partial charge is 0.0701 e. The molecule has 0 aliphatic heterocycles. The highest BCUT2D eigenvalue weighted by Gasteiger charge is 1.97. The molecule has 0 saturated heterocycles. The fourth-order valence-corrected chi connectivity index (χ4v) is 1.40. The number of pyridine rings is 1. The molecule has 17 heavy (non-hydrogen) atoms. The van der Waals surface area contributed by atoms with Crippen molar-refractivity contribution < 1.29 is 0 Å². The van der Waals surface area contributed by atoms with Crippen molar-refractivity contribution in [3.63, 3.8) is 0 Å². The second-order valence-corrected chi connectivity index (χ2v) is 3.62. The van der Waals surface area contributed by atoms with Crippen LogP contribution in [0.5, 0.6) is 0 Å². The minimum Gasteiger partial charge on any atom is -0.253 e. The molecule has 1 rings (SSSR count). The summed E-state index contributed by atoms with van der Waals surface area (Å²) in [6, 6.07) is 4.17. The van der Waals surface area contributed by atoms with Gasteiger partial charge in [0.2, 0.25) is 0 Å². The van der Waals surface area contributed by atoms with Gasteiger partial charge in [-0.25, -0.2) is 0 Å². The first kappa shape index (κ1) is 15.6. The summed E-state index contributed by atoms with van der Waals surface area (Å²) in [5, 5.41) is 0. The van der Waals surface area contributed by atoms with E-state index in [1.54, 1.807) is 0 Å². The van der Waals surface area contributed by atoms with Crippen LogP contribution in [0.2, 0.25) is 0 Å². The van der Waals surface area contributed by atoms with Crippen molar-refractivity contribution in [3.05, 3.63) is 41.2 Å². The van der Waals surface area contributed by atoms with Crippen LogP contribution in [0, 0.1) is 6.92 Å². The predicted octanol–water partition coefficient (Wildman–Crippen LogP) is 5.26.